The zero-order chi connectivity index (χ0) is 27.2. The molecular formula is C36H31NO2. The Hall–Kier alpha value is -5.02. The van der Waals surface area contributed by atoms with Crippen molar-refractivity contribution in [2.75, 3.05) is 4.90 Å². The van der Waals surface area contributed by atoms with E-state index in [0.717, 1.165) is 39.3 Å². The molecule has 0 radical (unpaired) electrons. The molecule has 2 N–H and O–H groups in total. The Morgan fingerprint density at radius 3 is 1.31 bits per heavy atom. The lowest BCUT2D eigenvalue weighted by Crippen LogP contribution is -2.09. The molecule has 39 heavy (non-hydrogen) atoms. The molecule has 3 nitrogen and oxygen atoms in total. The van der Waals surface area contributed by atoms with Gasteiger partial charge in [-0.05, 0) is 96.8 Å². The van der Waals surface area contributed by atoms with Crippen molar-refractivity contribution in [1.82, 2.24) is 0 Å². The van der Waals surface area contributed by atoms with Gasteiger partial charge in [-0.1, -0.05) is 90.0 Å². The first-order chi connectivity index (χ1) is 19.0. The number of hydrogen-bond acceptors (Lipinski definition) is 3. The van der Waals surface area contributed by atoms with Gasteiger partial charge in [0.05, 0.1) is 0 Å². The SMILES string of the molecule is Cc1ccc(N(c2ccc(C)cc2)c2ccc(/C=C/C=C(c3ccc(O)cc3)c3ccc(O)cc3)cc2)cc1. The fraction of sp³-hybridized carbons (Fsp3) is 0.0556. The average Bonchev–Trinajstić information content (AvgIpc) is 2.95. The molecule has 0 spiro atoms. The lowest BCUT2D eigenvalue weighted by molar-refractivity contribution is 0.475. The maximum atomic E-state index is 9.73. The summed E-state index contributed by atoms with van der Waals surface area (Å²) in [7, 11) is 0. The molecule has 0 unspecified atom stereocenters. The number of rotatable bonds is 7. The van der Waals surface area contributed by atoms with Gasteiger partial charge in [0.1, 0.15) is 11.5 Å². The lowest BCUT2D eigenvalue weighted by Gasteiger charge is -2.25. The van der Waals surface area contributed by atoms with Crippen molar-refractivity contribution in [3.8, 4) is 11.5 Å². The third kappa shape index (κ3) is 6.28. The molecule has 0 aliphatic rings. The molecule has 0 saturated heterocycles. The van der Waals surface area contributed by atoms with E-state index in [1.165, 1.54) is 11.1 Å². The van der Waals surface area contributed by atoms with E-state index in [2.05, 4.69) is 104 Å². The van der Waals surface area contributed by atoms with Gasteiger partial charge in [-0.25, -0.2) is 0 Å². The van der Waals surface area contributed by atoms with Gasteiger partial charge in [0.25, 0.3) is 0 Å². The summed E-state index contributed by atoms with van der Waals surface area (Å²) in [5.74, 6) is 0.453. The molecule has 0 atom stereocenters. The van der Waals surface area contributed by atoms with Crippen LogP contribution in [0.2, 0.25) is 0 Å². The predicted molar refractivity (Wildman–Crippen MR) is 163 cm³/mol. The van der Waals surface area contributed by atoms with E-state index in [9.17, 15) is 10.2 Å². The van der Waals surface area contributed by atoms with E-state index in [4.69, 9.17) is 0 Å². The fourth-order valence-electron chi connectivity index (χ4n) is 4.47. The summed E-state index contributed by atoms with van der Waals surface area (Å²) in [4.78, 5) is 2.26. The Bertz CT molecular complexity index is 1490. The first-order valence-electron chi connectivity index (χ1n) is 13.0. The molecule has 192 valence electrons. The third-order valence-electron chi connectivity index (χ3n) is 6.64. The lowest BCUT2D eigenvalue weighted by atomic mass is 9.97. The van der Waals surface area contributed by atoms with Crippen LogP contribution < -0.4 is 4.90 Å². The number of aromatic hydroxyl groups is 2. The normalized spacial score (nSPS) is 10.9. The number of phenols is 2. The standard InChI is InChI=1S/C36H31NO2/c1-26-6-16-31(17-7-26)37(32-18-8-27(2)9-19-32)33-20-10-28(11-21-33)4-3-5-36(29-12-22-34(38)23-13-29)30-14-24-35(39)25-15-30/h3-25,38-39H,1-2H3/b4-3+. The molecule has 0 aliphatic heterocycles. The van der Waals surface area contributed by atoms with Crippen LogP contribution in [-0.2, 0) is 0 Å². The van der Waals surface area contributed by atoms with E-state index in [1.54, 1.807) is 24.3 Å². The zero-order valence-corrected chi connectivity index (χ0v) is 22.1. The van der Waals surface area contributed by atoms with Crippen molar-refractivity contribution in [3.05, 3.63) is 161 Å². The smallest absolute Gasteiger partial charge is 0.115 e. The van der Waals surface area contributed by atoms with Crippen molar-refractivity contribution in [1.29, 1.82) is 0 Å². The first-order valence-corrected chi connectivity index (χ1v) is 13.0. The van der Waals surface area contributed by atoms with Crippen LogP contribution in [0.25, 0.3) is 11.6 Å². The minimum Gasteiger partial charge on any atom is -0.508 e. The minimum absolute atomic E-state index is 0.227. The molecule has 0 heterocycles. The van der Waals surface area contributed by atoms with E-state index in [1.807, 2.05) is 30.3 Å². The summed E-state index contributed by atoms with van der Waals surface area (Å²) < 4.78 is 0. The van der Waals surface area contributed by atoms with E-state index in [-0.39, 0.29) is 11.5 Å². The Kier molecular flexibility index (Phi) is 7.60. The van der Waals surface area contributed by atoms with Crippen molar-refractivity contribution in [2.45, 2.75) is 13.8 Å². The van der Waals surface area contributed by atoms with Crippen LogP contribution in [-0.4, -0.2) is 10.2 Å². The van der Waals surface area contributed by atoms with Crippen LogP contribution in [0.3, 0.4) is 0 Å². The largest absolute Gasteiger partial charge is 0.508 e. The van der Waals surface area contributed by atoms with Crippen molar-refractivity contribution < 1.29 is 10.2 Å². The molecule has 0 saturated carbocycles. The topological polar surface area (TPSA) is 43.7 Å². The van der Waals surface area contributed by atoms with Gasteiger partial charge in [-0.15, -0.1) is 0 Å². The van der Waals surface area contributed by atoms with Crippen molar-refractivity contribution >= 4 is 28.7 Å². The molecular weight excluding hydrogens is 478 g/mol. The van der Waals surface area contributed by atoms with Gasteiger partial charge in [0.2, 0.25) is 0 Å². The van der Waals surface area contributed by atoms with Gasteiger partial charge in [0.15, 0.2) is 0 Å². The molecule has 5 aromatic carbocycles. The van der Waals surface area contributed by atoms with Crippen LogP contribution in [0, 0.1) is 13.8 Å². The molecule has 0 amide bonds. The summed E-state index contributed by atoms with van der Waals surface area (Å²) in [6, 6.07) is 40.0. The highest BCUT2D eigenvalue weighted by atomic mass is 16.3. The first kappa shape index (κ1) is 25.6. The summed E-state index contributed by atoms with van der Waals surface area (Å²) in [5, 5.41) is 19.5. The summed E-state index contributed by atoms with van der Waals surface area (Å²) in [5.41, 5.74) is 9.81. The van der Waals surface area contributed by atoms with Crippen molar-refractivity contribution in [3.63, 3.8) is 0 Å². The van der Waals surface area contributed by atoms with Gasteiger partial charge < -0.3 is 15.1 Å². The van der Waals surface area contributed by atoms with E-state index in [0.29, 0.717) is 0 Å². The van der Waals surface area contributed by atoms with Gasteiger partial charge in [-0.3, -0.25) is 0 Å². The molecule has 0 bridgehead atoms. The van der Waals surface area contributed by atoms with Crippen LogP contribution in [0.4, 0.5) is 17.1 Å². The van der Waals surface area contributed by atoms with E-state index >= 15 is 0 Å². The number of allylic oxidation sites excluding steroid dienone is 2. The molecule has 0 aliphatic carbocycles. The van der Waals surface area contributed by atoms with Gasteiger partial charge in [-0.2, -0.15) is 0 Å². The number of benzene rings is 5. The summed E-state index contributed by atoms with van der Waals surface area (Å²) in [6.07, 6.45) is 6.16. The van der Waals surface area contributed by atoms with Gasteiger partial charge >= 0.3 is 0 Å². The second-order valence-corrected chi connectivity index (χ2v) is 9.63. The van der Waals surface area contributed by atoms with Crippen LogP contribution in [0.5, 0.6) is 11.5 Å². The highest BCUT2D eigenvalue weighted by Crippen LogP contribution is 2.35. The predicted octanol–water partition coefficient (Wildman–Crippen LogP) is 9.33. The number of hydrogen-bond donors (Lipinski definition) is 2. The second kappa shape index (κ2) is 11.6. The number of anilines is 3. The number of aryl methyl sites for hydroxylation is 2. The second-order valence-electron chi connectivity index (χ2n) is 9.63. The maximum Gasteiger partial charge on any atom is 0.115 e. The molecule has 3 heteroatoms. The Morgan fingerprint density at radius 2 is 0.897 bits per heavy atom. The monoisotopic (exact) mass is 509 g/mol. The van der Waals surface area contributed by atoms with Crippen LogP contribution in [0.15, 0.2) is 133 Å². The highest BCUT2D eigenvalue weighted by molar-refractivity contribution is 5.82. The molecule has 0 fully saturated rings. The molecule has 5 rings (SSSR count). The third-order valence-corrected chi connectivity index (χ3v) is 6.64. The van der Waals surface area contributed by atoms with E-state index < -0.39 is 0 Å². The average molecular weight is 510 g/mol. The maximum absolute atomic E-state index is 9.73. The zero-order valence-electron chi connectivity index (χ0n) is 22.1. The van der Waals surface area contributed by atoms with Crippen LogP contribution in [0.1, 0.15) is 27.8 Å². The van der Waals surface area contributed by atoms with Crippen LogP contribution >= 0.6 is 0 Å². The number of phenolic OH excluding ortho intramolecular Hbond substituents is 2. The minimum atomic E-state index is 0.227. The number of nitrogens with zero attached hydrogens (tertiary/aromatic N) is 1. The quantitative estimate of drug-likeness (QED) is 0.215. The molecule has 5 aromatic rings. The molecule has 0 aromatic heterocycles. The van der Waals surface area contributed by atoms with Gasteiger partial charge in [0, 0.05) is 17.1 Å². The van der Waals surface area contributed by atoms with Crippen molar-refractivity contribution in [2.24, 2.45) is 0 Å². The Balaban J connectivity index is 1.44. The highest BCUT2D eigenvalue weighted by Gasteiger charge is 2.12. The fourth-order valence-corrected chi connectivity index (χ4v) is 4.47. The summed E-state index contributed by atoms with van der Waals surface area (Å²) >= 11 is 0. The summed E-state index contributed by atoms with van der Waals surface area (Å²) in [6.45, 7) is 4.20. The Labute approximate surface area is 230 Å². The Morgan fingerprint density at radius 1 is 0.513 bits per heavy atom.